The van der Waals surface area contributed by atoms with Gasteiger partial charge in [-0.2, -0.15) is 0 Å². The van der Waals surface area contributed by atoms with E-state index in [0.717, 1.165) is 11.5 Å². The molecule has 0 unspecified atom stereocenters. The first-order valence-corrected chi connectivity index (χ1v) is 6.35. The van der Waals surface area contributed by atoms with Gasteiger partial charge in [0.15, 0.2) is 5.78 Å². The van der Waals surface area contributed by atoms with Crippen LogP contribution in [0.4, 0.5) is 0 Å². The topological polar surface area (TPSA) is 17.1 Å². The predicted octanol–water partition coefficient (Wildman–Crippen LogP) is 4.01. The van der Waals surface area contributed by atoms with Crippen LogP contribution in [-0.2, 0) is 6.42 Å². The van der Waals surface area contributed by atoms with E-state index in [9.17, 15) is 4.79 Å². The maximum Gasteiger partial charge on any atom is 0.159 e. The van der Waals surface area contributed by atoms with Crippen LogP contribution in [0, 0.1) is 5.92 Å². The normalized spacial score (nSPS) is 16.6. The van der Waals surface area contributed by atoms with Crippen LogP contribution in [0.5, 0.6) is 0 Å². The Bertz CT molecular complexity index is 344. The van der Waals surface area contributed by atoms with E-state index in [1.807, 2.05) is 12.1 Å². The van der Waals surface area contributed by atoms with Gasteiger partial charge in [-0.15, -0.1) is 0 Å². The summed E-state index contributed by atoms with van der Waals surface area (Å²) < 4.78 is 0. The van der Waals surface area contributed by atoms with Gasteiger partial charge in [0, 0.05) is 5.56 Å². The Labute approximate surface area is 97.9 Å². The summed E-state index contributed by atoms with van der Waals surface area (Å²) in [5, 5.41) is 0. The van der Waals surface area contributed by atoms with Gasteiger partial charge in [0.05, 0.1) is 0 Å². The van der Waals surface area contributed by atoms with Crippen molar-refractivity contribution >= 4 is 5.78 Å². The molecule has 1 heteroatoms. The fourth-order valence-electron chi connectivity index (χ4n) is 2.58. The molecule has 0 spiro atoms. The molecule has 0 bridgehead atoms. The molecule has 1 aromatic carbocycles. The Hall–Kier alpha value is -1.11. The van der Waals surface area contributed by atoms with Crippen molar-refractivity contribution in [3.05, 3.63) is 35.4 Å². The van der Waals surface area contributed by atoms with Gasteiger partial charge >= 0.3 is 0 Å². The zero-order valence-corrected chi connectivity index (χ0v) is 10.0. The van der Waals surface area contributed by atoms with Crippen molar-refractivity contribution in [2.24, 2.45) is 5.92 Å². The van der Waals surface area contributed by atoms with Crippen LogP contribution in [0.15, 0.2) is 24.3 Å². The first-order chi connectivity index (χ1) is 7.75. The van der Waals surface area contributed by atoms with Crippen molar-refractivity contribution in [1.82, 2.24) is 0 Å². The van der Waals surface area contributed by atoms with Gasteiger partial charge in [-0.05, 0) is 31.2 Å². The van der Waals surface area contributed by atoms with Gasteiger partial charge in [-0.3, -0.25) is 4.79 Å². The van der Waals surface area contributed by atoms with Crippen LogP contribution in [0.3, 0.4) is 0 Å². The quantitative estimate of drug-likeness (QED) is 0.695. The molecule has 16 heavy (non-hydrogen) atoms. The van der Waals surface area contributed by atoms with Crippen LogP contribution in [0.25, 0.3) is 0 Å². The van der Waals surface area contributed by atoms with E-state index in [4.69, 9.17) is 0 Å². The number of aryl methyl sites for hydroxylation is 1. The van der Waals surface area contributed by atoms with E-state index in [1.165, 1.54) is 44.1 Å². The van der Waals surface area contributed by atoms with E-state index < -0.39 is 0 Å². The summed E-state index contributed by atoms with van der Waals surface area (Å²) in [7, 11) is 0. The maximum absolute atomic E-state index is 11.1. The van der Waals surface area contributed by atoms with Crippen molar-refractivity contribution in [2.75, 3.05) is 0 Å². The number of carbonyl (C=O) groups excluding carboxylic acids is 1. The van der Waals surface area contributed by atoms with Gasteiger partial charge in [-0.1, -0.05) is 49.9 Å². The van der Waals surface area contributed by atoms with Crippen LogP contribution >= 0.6 is 0 Å². The second-order valence-corrected chi connectivity index (χ2v) is 4.94. The Kier molecular flexibility index (Phi) is 3.76. The zero-order chi connectivity index (χ0) is 11.4. The predicted molar refractivity (Wildman–Crippen MR) is 66.7 cm³/mol. The third-order valence-corrected chi connectivity index (χ3v) is 3.68. The number of hydrogen-bond donors (Lipinski definition) is 0. The minimum Gasteiger partial charge on any atom is -0.295 e. The third kappa shape index (κ3) is 2.94. The molecule has 0 aromatic heterocycles. The van der Waals surface area contributed by atoms with E-state index in [0.29, 0.717) is 0 Å². The van der Waals surface area contributed by atoms with E-state index in [1.54, 1.807) is 6.92 Å². The minimum atomic E-state index is 0.155. The minimum absolute atomic E-state index is 0.155. The molecule has 0 atom stereocenters. The van der Waals surface area contributed by atoms with Crippen molar-refractivity contribution in [1.29, 1.82) is 0 Å². The molecule has 1 aromatic rings. The van der Waals surface area contributed by atoms with Gasteiger partial charge in [0.25, 0.3) is 0 Å². The molecule has 0 aliphatic heterocycles. The molecule has 2 rings (SSSR count). The summed E-state index contributed by atoms with van der Waals surface area (Å²) in [6, 6.07) is 8.11. The number of carbonyl (C=O) groups is 1. The largest absolute Gasteiger partial charge is 0.295 e. The van der Waals surface area contributed by atoms with Gasteiger partial charge < -0.3 is 0 Å². The molecule has 1 fully saturated rings. The molecule has 0 heterocycles. The van der Waals surface area contributed by atoms with E-state index in [-0.39, 0.29) is 5.78 Å². The van der Waals surface area contributed by atoms with Crippen LogP contribution in [0.1, 0.15) is 54.9 Å². The molecule has 0 amide bonds. The van der Waals surface area contributed by atoms with Crippen molar-refractivity contribution in [3.8, 4) is 0 Å². The zero-order valence-electron chi connectivity index (χ0n) is 10.0. The lowest BCUT2D eigenvalue weighted by Gasteiger charge is -2.08. The van der Waals surface area contributed by atoms with Crippen LogP contribution in [-0.4, -0.2) is 5.78 Å². The van der Waals surface area contributed by atoms with Crippen molar-refractivity contribution in [3.63, 3.8) is 0 Å². The molecule has 1 aliphatic rings. The highest BCUT2D eigenvalue weighted by Gasteiger charge is 2.14. The summed E-state index contributed by atoms with van der Waals surface area (Å²) in [4.78, 5) is 11.1. The average Bonchev–Trinajstić information content (AvgIpc) is 2.80. The fourth-order valence-corrected chi connectivity index (χ4v) is 2.58. The second-order valence-electron chi connectivity index (χ2n) is 4.94. The average molecular weight is 216 g/mol. The summed E-state index contributed by atoms with van der Waals surface area (Å²) in [6.45, 7) is 1.62. The Balaban J connectivity index is 1.87. The number of ketones is 1. The van der Waals surface area contributed by atoms with E-state index in [2.05, 4.69) is 12.1 Å². The summed E-state index contributed by atoms with van der Waals surface area (Å²) in [5.41, 5.74) is 2.20. The van der Waals surface area contributed by atoms with Crippen LogP contribution < -0.4 is 0 Å². The molecule has 86 valence electrons. The highest BCUT2D eigenvalue weighted by molar-refractivity contribution is 5.93. The molecule has 1 saturated carbocycles. The first kappa shape index (κ1) is 11.4. The number of benzene rings is 1. The molecule has 0 N–H and O–H groups in total. The molecule has 1 aliphatic carbocycles. The highest BCUT2D eigenvalue weighted by Crippen LogP contribution is 2.28. The Morgan fingerprint density at radius 2 is 1.81 bits per heavy atom. The summed E-state index contributed by atoms with van der Waals surface area (Å²) in [6.07, 6.45) is 8.18. The number of rotatable bonds is 4. The maximum atomic E-state index is 11.1. The molecule has 1 nitrogen and oxygen atoms in total. The third-order valence-electron chi connectivity index (χ3n) is 3.68. The lowest BCUT2D eigenvalue weighted by molar-refractivity contribution is 0.101. The molecular weight excluding hydrogens is 196 g/mol. The SMILES string of the molecule is CC(=O)c1ccc(CCC2CCCC2)cc1. The first-order valence-electron chi connectivity index (χ1n) is 6.35. The fraction of sp³-hybridized carbons (Fsp3) is 0.533. The van der Waals surface area contributed by atoms with Crippen molar-refractivity contribution in [2.45, 2.75) is 45.4 Å². The Morgan fingerprint density at radius 1 is 1.19 bits per heavy atom. The number of Topliss-reactive ketones (excluding diaryl/α,β-unsaturated/α-hetero) is 1. The number of hydrogen-bond acceptors (Lipinski definition) is 1. The molecular formula is C15H20O. The molecule has 0 radical (unpaired) electrons. The second kappa shape index (κ2) is 5.29. The van der Waals surface area contributed by atoms with Gasteiger partial charge in [0.1, 0.15) is 0 Å². The van der Waals surface area contributed by atoms with Crippen molar-refractivity contribution < 1.29 is 4.79 Å². The lowest BCUT2D eigenvalue weighted by Crippen LogP contribution is -1.97. The van der Waals surface area contributed by atoms with Gasteiger partial charge in [-0.25, -0.2) is 0 Å². The van der Waals surface area contributed by atoms with Gasteiger partial charge in [0.2, 0.25) is 0 Å². The summed E-state index contributed by atoms with van der Waals surface area (Å²) in [5.74, 6) is 1.11. The van der Waals surface area contributed by atoms with Crippen LogP contribution in [0.2, 0.25) is 0 Å². The monoisotopic (exact) mass is 216 g/mol. The summed E-state index contributed by atoms with van der Waals surface area (Å²) >= 11 is 0. The smallest absolute Gasteiger partial charge is 0.159 e. The standard InChI is InChI=1S/C15H20O/c1-12(16)15-10-8-14(9-11-15)7-6-13-4-2-3-5-13/h8-11,13H,2-7H2,1H3. The molecule has 0 saturated heterocycles. The van der Waals surface area contributed by atoms with E-state index >= 15 is 0 Å². The Morgan fingerprint density at radius 3 is 2.38 bits per heavy atom. The highest BCUT2D eigenvalue weighted by atomic mass is 16.1. The lowest BCUT2D eigenvalue weighted by atomic mass is 9.97.